The smallest absolute Gasteiger partial charge is 0.293 e. The summed E-state index contributed by atoms with van der Waals surface area (Å²) in [7, 11) is 0. The summed E-state index contributed by atoms with van der Waals surface area (Å²) in [4.78, 5) is 25.0. The number of hydrogen-bond donors (Lipinski definition) is 2. The number of carbonyl (C=O) groups is 1. The highest BCUT2D eigenvalue weighted by atomic mass is 32.2. The maximum atomic E-state index is 11.0. The van der Waals surface area contributed by atoms with Crippen LogP contribution in [-0.2, 0) is 9.53 Å². The van der Waals surface area contributed by atoms with Gasteiger partial charge in [-0.25, -0.2) is 15.0 Å². The van der Waals surface area contributed by atoms with Crippen LogP contribution in [0.25, 0.3) is 10.8 Å². The van der Waals surface area contributed by atoms with Crippen LogP contribution in [0.4, 0.5) is 11.6 Å². The number of aryl methyl sites for hydroxylation is 1. The third-order valence-corrected chi connectivity index (χ3v) is 7.13. The van der Waals surface area contributed by atoms with Crippen LogP contribution in [-0.4, -0.2) is 45.6 Å². The number of thioether (sulfide) groups is 1. The highest BCUT2D eigenvalue weighted by molar-refractivity contribution is 7.97. The summed E-state index contributed by atoms with van der Waals surface area (Å²) in [5.41, 5.74) is 8.58. The van der Waals surface area contributed by atoms with E-state index in [2.05, 4.69) is 22.2 Å². The first-order chi connectivity index (χ1) is 18.1. The maximum absolute atomic E-state index is 11.0. The molecule has 1 saturated carbocycles. The number of aromatic nitrogens is 3. The van der Waals surface area contributed by atoms with Crippen LogP contribution < -0.4 is 15.8 Å². The molecule has 9 heteroatoms. The number of anilines is 2. The quantitative estimate of drug-likeness (QED) is 0.281. The van der Waals surface area contributed by atoms with Crippen LogP contribution in [0.2, 0.25) is 0 Å². The van der Waals surface area contributed by atoms with Crippen molar-refractivity contribution in [3.05, 3.63) is 47.4 Å². The molecule has 0 aromatic carbocycles. The molecule has 4 rings (SSSR count). The Labute approximate surface area is 230 Å². The van der Waals surface area contributed by atoms with Gasteiger partial charge in [0.1, 0.15) is 23.3 Å². The van der Waals surface area contributed by atoms with Crippen molar-refractivity contribution in [2.24, 2.45) is 5.73 Å². The molecule has 8 nitrogen and oxygen atoms in total. The number of nitrogens with two attached hydrogens (primary N) is 1. The minimum atomic E-state index is -0.686. The fraction of sp³-hybridized carbons (Fsp3) is 0.517. The predicted octanol–water partition coefficient (Wildman–Crippen LogP) is 6.45. The third-order valence-electron chi connectivity index (χ3n) is 7.13. The topological polar surface area (TPSA) is 112 Å². The van der Waals surface area contributed by atoms with E-state index in [1.807, 2.05) is 64.6 Å². The van der Waals surface area contributed by atoms with Crippen molar-refractivity contribution in [3.8, 4) is 5.88 Å². The first-order valence-corrected chi connectivity index (χ1v) is 14.7. The van der Waals surface area contributed by atoms with Gasteiger partial charge in [0.25, 0.3) is 6.47 Å². The van der Waals surface area contributed by atoms with Gasteiger partial charge in [-0.15, -0.1) is 0 Å². The molecule has 3 aromatic heterocycles. The van der Waals surface area contributed by atoms with Gasteiger partial charge in [0, 0.05) is 24.4 Å². The molecule has 1 fully saturated rings. The predicted molar refractivity (Wildman–Crippen MR) is 156 cm³/mol. The molecule has 0 aliphatic heterocycles. The van der Waals surface area contributed by atoms with E-state index in [0.29, 0.717) is 24.0 Å². The van der Waals surface area contributed by atoms with Crippen molar-refractivity contribution in [2.45, 2.75) is 84.0 Å². The zero-order chi connectivity index (χ0) is 27.9. The van der Waals surface area contributed by atoms with E-state index < -0.39 is 5.60 Å². The average Bonchev–Trinajstić information content (AvgIpc) is 2.86. The number of hydrogen-bond acceptors (Lipinski definition) is 9. The molecule has 0 amide bonds. The van der Waals surface area contributed by atoms with E-state index >= 15 is 0 Å². The molecule has 1 aliphatic rings. The Morgan fingerprint density at radius 1 is 1.18 bits per heavy atom. The SMILES string of the molecule is CCC(N)c1cnc(OC2CCC2)c2cnc(Nc3ccc(C)c(C(C)C(C)(C)OC=O)n3)cc12.CSC. The number of nitrogens with one attached hydrogen (secondary N) is 1. The Bertz CT molecular complexity index is 1230. The molecule has 0 saturated heterocycles. The molecule has 1 aliphatic carbocycles. The number of carbonyl (C=O) groups excluding carboxylic acids is 1. The van der Waals surface area contributed by atoms with Crippen molar-refractivity contribution >= 4 is 40.6 Å². The fourth-order valence-corrected chi connectivity index (χ4v) is 4.20. The zero-order valence-electron chi connectivity index (χ0n) is 23.6. The van der Waals surface area contributed by atoms with Gasteiger partial charge in [0.15, 0.2) is 0 Å². The van der Waals surface area contributed by atoms with Crippen molar-refractivity contribution < 1.29 is 14.3 Å². The highest BCUT2D eigenvalue weighted by Crippen LogP contribution is 2.35. The minimum absolute atomic E-state index is 0.106. The van der Waals surface area contributed by atoms with Crippen LogP contribution in [0, 0.1) is 6.92 Å². The molecule has 3 heterocycles. The molecule has 3 N–H and O–H groups in total. The largest absolute Gasteiger partial charge is 0.474 e. The molecular weight excluding hydrogens is 498 g/mol. The molecule has 3 aromatic rings. The summed E-state index contributed by atoms with van der Waals surface area (Å²) in [6, 6.07) is 5.77. The van der Waals surface area contributed by atoms with Gasteiger partial charge in [-0.05, 0) is 87.6 Å². The van der Waals surface area contributed by atoms with Crippen LogP contribution in [0.3, 0.4) is 0 Å². The summed E-state index contributed by atoms with van der Waals surface area (Å²) in [5.74, 6) is 1.82. The van der Waals surface area contributed by atoms with E-state index in [0.717, 1.165) is 46.9 Å². The Kier molecular flexibility index (Phi) is 10.3. The van der Waals surface area contributed by atoms with Crippen molar-refractivity contribution in [2.75, 3.05) is 17.8 Å². The standard InChI is InChI=1S/C27H35N5O3.C2H6S/c1-6-22(28)20-13-30-26(35-18-8-7-9-18)21-14-29-24(12-19(20)21)31-23-11-10-16(2)25(32-23)17(3)27(4,5)34-15-33;1-3-2/h10-15,17-18,22H,6-9,28H2,1-5H3,(H,29,31,32);1-2H3. The molecular formula is C29H41N5O3S. The van der Waals surface area contributed by atoms with Gasteiger partial charge < -0.3 is 20.5 Å². The Hall–Kier alpha value is -2.91. The van der Waals surface area contributed by atoms with E-state index in [1.165, 1.54) is 6.42 Å². The van der Waals surface area contributed by atoms with Crippen molar-refractivity contribution in [1.29, 1.82) is 0 Å². The van der Waals surface area contributed by atoms with Crippen molar-refractivity contribution in [3.63, 3.8) is 0 Å². The van der Waals surface area contributed by atoms with Gasteiger partial charge in [-0.3, -0.25) is 4.79 Å². The molecule has 38 heavy (non-hydrogen) atoms. The van der Waals surface area contributed by atoms with Gasteiger partial charge in [-0.1, -0.05) is 19.9 Å². The number of ether oxygens (including phenoxy) is 2. The second-order valence-corrected chi connectivity index (χ2v) is 11.1. The lowest BCUT2D eigenvalue weighted by atomic mass is 9.87. The van der Waals surface area contributed by atoms with E-state index in [9.17, 15) is 4.79 Å². The highest BCUT2D eigenvalue weighted by Gasteiger charge is 2.31. The monoisotopic (exact) mass is 539 g/mol. The van der Waals surface area contributed by atoms with Crippen LogP contribution in [0.1, 0.15) is 82.2 Å². The summed E-state index contributed by atoms with van der Waals surface area (Å²) in [6.45, 7) is 10.3. The first-order valence-electron chi connectivity index (χ1n) is 13.1. The van der Waals surface area contributed by atoms with Crippen LogP contribution in [0.15, 0.2) is 30.6 Å². The zero-order valence-corrected chi connectivity index (χ0v) is 24.4. The molecule has 0 bridgehead atoms. The van der Waals surface area contributed by atoms with Crippen LogP contribution >= 0.6 is 11.8 Å². The molecule has 2 unspecified atom stereocenters. The van der Waals surface area contributed by atoms with Gasteiger partial charge in [-0.2, -0.15) is 11.8 Å². The average molecular weight is 540 g/mol. The Morgan fingerprint density at radius 3 is 2.50 bits per heavy atom. The van der Waals surface area contributed by atoms with E-state index in [4.69, 9.17) is 20.2 Å². The molecule has 2 atom stereocenters. The number of nitrogens with zero attached hydrogens (tertiary/aromatic N) is 3. The molecule has 206 valence electrons. The van der Waals surface area contributed by atoms with E-state index in [-0.39, 0.29) is 18.1 Å². The van der Waals surface area contributed by atoms with Gasteiger partial charge in [0.2, 0.25) is 5.88 Å². The van der Waals surface area contributed by atoms with Crippen molar-refractivity contribution in [1.82, 2.24) is 15.0 Å². The molecule has 0 spiro atoms. The Morgan fingerprint density at radius 2 is 1.89 bits per heavy atom. The third kappa shape index (κ3) is 6.94. The lowest BCUT2D eigenvalue weighted by Crippen LogP contribution is -2.31. The van der Waals surface area contributed by atoms with Crippen LogP contribution in [0.5, 0.6) is 5.88 Å². The normalized spacial score (nSPS) is 15.1. The minimum Gasteiger partial charge on any atom is -0.474 e. The summed E-state index contributed by atoms with van der Waals surface area (Å²) < 4.78 is 11.5. The second-order valence-electron chi connectivity index (χ2n) is 10.3. The summed E-state index contributed by atoms with van der Waals surface area (Å²) in [5, 5.41) is 5.17. The van der Waals surface area contributed by atoms with Gasteiger partial charge >= 0.3 is 0 Å². The molecule has 0 radical (unpaired) electrons. The lowest BCUT2D eigenvalue weighted by Gasteiger charge is -2.30. The van der Waals surface area contributed by atoms with Gasteiger partial charge in [0.05, 0.1) is 11.1 Å². The Balaban J connectivity index is 0.00000127. The number of fused-ring (bicyclic) bond motifs is 1. The number of rotatable bonds is 10. The summed E-state index contributed by atoms with van der Waals surface area (Å²) >= 11 is 1.75. The lowest BCUT2D eigenvalue weighted by molar-refractivity contribution is -0.142. The second kappa shape index (κ2) is 13.2. The first kappa shape index (κ1) is 29.6. The number of pyridine rings is 3. The maximum Gasteiger partial charge on any atom is 0.293 e. The summed E-state index contributed by atoms with van der Waals surface area (Å²) in [6.07, 6.45) is 12.0. The fourth-order valence-electron chi connectivity index (χ4n) is 4.20. The van der Waals surface area contributed by atoms with E-state index in [1.54, 1.807) is 18.0 Å².